The zero-order valence-corrected chi connectivity index (χ0v) is 9.74. The summed E-state index contributed by atoms with van der Waals surface area (Å²) in [5.74, 6) is -0.503. The molecule has 1 saturated heterocycles. The van der Waals surface area contributed by atoms with E-state index in [2.05, 4.69) is 6.92 Å². The Kier molecular flexibility index (Phi) is 2.97. The van der Waals surface area contributed by atoms with Crippen molar-refractivity contribution < 1.29 is 19.7 Å². The lowest BCUT2D eigenvalue weighted by atomic mass is 9.62. The number of carboxylic acid groups (broad SMARTS) is 1. The molecule has 16 heavy (non-hydrogen) atoms. The second-order valence-corrected chi connectivity index (χ2v) is 5.42. The van der Waals surface area contributed by atoms with Crippen molar-refractivity contribution in [1.29, 1.82) is 0 Å². The number of rotatable bonds is 2. The molecule has 4 heteroatoms. The van der Waals surface area contributed by atoms with Gasteiger partial charge in [0, 0.05) is 6.61 Å². The lowest BCUT2D eigenvalue weighted by Crippen LogP contribution is -2.56. The Morgan fingerprint density at radius 3 is 2.69 bits per heavy atom. The van der Waals surface area contributed by atoms with Crippen LogP contribution in [0.4, 0.5) is 0 Å². The summed E-state index contributed by atoms with van der Waals surface area (Å²) in [5.41, 5.74) is -2.14. The van der Waals surface area contributed by atoms with Crippen molar-refractivity contribution in [3.05, 3.63) is 0 Å². The molecule has 0 spiro atoms. The van der Waals surface area contributed by atoms with Gasteiger partial charge in [-0.1, -0.05) is 19.8 Å². The maximum Gasteiger partial charge on any atom is 0.315 e. The highest BCUT2D eigenvalue weighted by molar-refractivity contribution is 5.77. The Bertz CT molecular complexity index is 283. The number of aliphatic hydroxyl groups is 1. The van der Waals surface area contributed by atoms with Gasteiger partial charge < -0.3 is 14.9 Å². The number of ether oxygens (including phenoxy) is 1. The molecule has 2 fully saturated rings. The van der Waals surface area contributed by atoms with E-state index in [1.165, 1.54) is 0 Å². The van der Waals surface area contributed by atoms with Gasteiger partial charge in [0.15, 0.2) is 0 Å². The fourth-order valence-corrected chi connectivity index (χ4v) is 3.26. The van der Waals surface area contributed by atoms with Crippen molar-refractivity contribution in [3.8, 4) is 0 Å². The standard InChI is InChI=1S/C12H20O4/c1-9-3-2-4-12(15,7-9)11(10(13)14)5-6-16-8-11/h9,15H,2-8H2,1H3,(H,13,14). The highest BCUT2D eigenvalue weighted by atomic mass is 16.5. The molecule has 2 rings (SSSR count). The van der Waals surface area contributed by atoms with Crippen molar-refractivity contribution in [2.24, 2.45) is 11.3 Å². The molecule has 1 saturated carbocycles. The highest BCUT2D eigenvalue weighted by Crippen LogP contribution is 2.48. The Morgan fingerprint density at radius 2 is 2.19 bits per heavy atom. The lowest BCUT2D eigenvalue weighted by molar-refractivity contribution is -0.177. The molecule has 0 aromatic rings. The van der Waals surface area contributed by atoms with Gasteiger partial charge in [0.1, 0.15) is 5.41 Å². The summed E-state index contributed by atoms with van der Waals surface area (Å²) in [6, 6.07) is 0. The van der Waals surface area contributed by atoms with Crippen LogP contribution in [-0.4, -0.2) is 35.0 Å². The minimum absolute atomic E-state index is 0.158. The average molecular weight is 228 g/mol. The number of aliphatic carboxylic acids is 1. The van der Waals surface area contributed by atoms with E-state index in [9.17, 15) is 15.0 Å². The SMILES string of the molecule is CC1CCCC(O)(C2(C(=O)O)CCOC2)C1. The molecule has 0 radical (unpaired) electrons. The van der Waals surface area contributed by atoms with E-state index >= 15 is 0 Å². The first-order chi connectivity index (χ1) is 7.50. The van der Waals surface area contributed by atoms with Gasteiger partial charge in [-0.2, -0.15) is 0 Å². The fraction of sp³-hybridized carbons (Fsp3) is 0.917. The van der Waals surface area contributed by atoms with Crippen LogP contribution in [0.1, 0.15) is 39.0 Å². The molecule has 1 aliphatic heterocycles. The smallest absolute Gasteiger partial charge is 0.315 e. The summed E-state index contributed by atoms with van der Waals surface area (Å²) < 4.78 is 5.23. The van der Waals surface area contributed by atoms with E-state index < -0.39 is 17.0 Å². The van der Waals surface area contributed by atoms with Crippen LogP contribution in [0.15, 0.2) is 0 Å². The number of hydrogen-bond donors (Lipinski definition) is 2. The molecule has 0 aromatic heterocycles. The molecule has 92 valence electrons. The number of hydrogen-bond acceptors (Lipinski definition) is 3. The zero-order valence-electron chi connectivity index (χ0n) is 9.74. The van der Waals surface area contributed by atoms with E-state index in [-0.39, 0.29) is 6.61 Å². The van der Waals surface area contributed by atoms with Gasteiger partial charge in [-0.15, -0.1) is 0 Å². The van der Waals surface area contributed by atoms with Crippen molar-refractivity contribution in [2.45, 2.75) is 44.6 Å². The van der Waals surface area contributed by atoms with Gasteiger partial charge >= 0.3 is 5.97 Å². The summed E-state index contributed by atoms with van der Waals surface area (Å²) in [6.07, 6.45) is 3.60. The Morgan fingerprint density at radius 1 is 1.44 bits per heavy atom. The molecule has 0 aromatic carbocycles. The van der Waals surface area contributed by atoms with E-state index in [0.29, 0.717) is 31.8 Å². The third-order valence-corrected chi connectivity index (χ3v) is 4.30. The van der Waals surface area contributed by atoms with Crippen molar-refractivity contribution >= 4 is 5.97 Å². The zero-order chi connectivity index (χ0) is 11.8. The second-order valence-electron chi connectivity index (χ2n) is 5.42. The van der Waals surface area contributed by atoms with Crippen LogP contribution in [-0.2, 0) is 9.53 Å². The van der Waals surface area contributed by atoms with E-state index in [1.54, 1.807) is 0 Å². The molecular weight excluding hydrogens is 208 g/mol. The summed E-state index contributed by atoms with van der Waals surface area (Å²) in [6.45, 7) is 2.68. The van der Waals surface area contributed by atoms with Gasteiger partial charge in [0.05, 0.1) is 12.2 Å². The first-order valence-corrected chi connectivity index (χ1v) is 6.04. The predicted molar refractivity (Wildman–Crippen MR) is 58.1 cm³/mol. The Labute approximate surface area is 95.6 Å². The van der Waals surface area contributed by atoms with Crippen molar-refractivity contribution in [1.82, 2.24) is 0 Å². The van der Waals surface area contributed by atoms with Crippen molar-refractivity contribution in [3.63, 3.8) is 0 Å². The summed E-state index contributed by atoms with van der Waals surface area (Å²) in [5, 5.41) is 20.1. The summed E-state index contributed by atoms with van der Waals surface area (Å²) >= 11 is 0. The molecule has 0 amide bonds. The normalized spacial score (nSPS) is 44.5. The Hall–Kier alpha value is -0.610. The largest absolute Gasteiger partial charge is 0.481 e. The highest BCUT2D eigenvalue weighted by Gasteiger charge is 2.58. The molecule has 3 atom stereocenters. The maximum absolute atomic E-state index is 11.5. The number of carbonyl (C=O) groups is 1. The monoisotopic (exact) mass is 228 g/mol. The third-order valence-electron chi connectivity index (χ3n) is 4.30. The van der Waals surface area contributed by atoms with Crippen LogP contribution in [0, 0.1) is 11.3 Å². The van der Waals surface area contributed by atoms with Gasteiger partial charge in [-0.3, -0.25) is 4.79 Å². The molecule has 1 aliphatic carbocycles. The molecule has 1 heterocycles. The van der Waals surface area contributed by atoms with Crippen molar-refractivity contribution in [2.75, 3.05) is 13.2 Å². The van der Waals surface area contributed by atoms with E-state index in [4.69, 9.17) is 4.74 Å². The van der Waals surface area contributed by atoms with Gasteiger partial charge in [-0.25, -0.2) is 0 Å². The summed E-state index contributed by atoms with van der Waals surface area (Å²) in [7, 11) is 0. The maximum atomic E-state index is 11.5. The first-order valence-electron chi connectivity index (χ1n) is 6.04. The molecule has 2 N–H and O–H groups in total. The van der Waals surface area contributed by atoms with Crippen LogP contribution in [0.2, 0.25) is 0 Å². The fourth-order valence-electron chi connectivity index (χ4n) is 3.26. The number of carboxylic acids is 1. The van der Waals surface area contributed by atoms with Crippen LogP contribution in [0.25, 0.3) is 0 Å². The van der Waals surface area contributed by atoms with E-state index in [1.807, 2.05) is 0 Å². The van der Waals surface area contributed by atoms with Gasteiger partial charge in [0.25, 0.3) is 0 Å². The van der Waals surface area contributed by atoms with E-state index in [0.717, 1.165) is 12.8 Å². The molecular formula is C12H20O4. The summed E-state index contributed by atoms with van der Waals surface area (Å²) in [4.78, 5) is 11.5. The quantitative estimate of drug-likeness (QED) is 0.750. The lowest BCUT2D eigenvalue weighted by Gasteiger charge is -2.45. The Balaban J connectivity index is 2.28. The molecule has 3 unspecified atom stereocenters. The third kappa shape index (κ3) is 1.64. The van der Waals surface area contributed by atoms with Crippen LogP contribution in [0.5, 0.6) is 0 Å². The van der Waals surface area contributed by atoms with Crippen LogP contribution < -0.4 is 0 Å². The van der Waals surface area contributed by atoms with Gasteiger partial charge in [-0.05, 0) is 25.2 Å². The van der Waals surface area contributed by atoms with Crippen LogP contribution >= 0.6 is 0 Å². The van der Waals surface area contributed by atoms with Crippen LogP contribution in [0.3, 0.4) is 0 Å². The van der Waals surface area contributed by atoms with Gasteiger partial charge in [0.2, 0.25) is 0 Å². The first kappa shape index (κ1) is 11.9. The molecule has 0 bridgehead atoms. The molecule has 2 aliphatic rings. The average Bonchev–Trinajstić information content (AvgIpc) is 2.66. The second kappa shape index (κ2) is 4.00. The molecule has 4 nitrogen and oxygen atoms in total. The topological polar surface area (TPSA) is 66.8 Å². The predicted octanol–water partition coefficient (Wildman–Crippen LogP) is 1.42. The minimum Gasteiger partial charge on any atom is -0.481 e. The minimum atomic E-state index is -1.08.